The molecule has 1 atom stereocenters. The lowest BCUT2D eigenvalue weighted by Gasteiger charge is -2.14. The van der Waals surface area contributed by atoms with Gasteiger partial charge in [-0.25, -0.2) is 9.59 Å². The van der Waals surface area contributed by atoms with Crippen LogP contribution in [0.3, 0.4) is 0 Å². The molecule has 138 valence electrons. The fourth-order valence-corrected chi connectivity index (χ4v) is 3.00. The van der Waals surface area contributed by atoms with Gasteiger partial charge in [-0.15, -0.1) is 11.3 Å². The van der Waals surface area contributed by atoms with Gasteiger partial charge in [0.05, 0.1) is 0 Å². The molecule has 0 spiro atoms. The van der Waals surface area contributed by atoms with Crippen LogP contribution >= 0.6 is 11.3 Å². The van der Waals surface area contributed by atoms with E-state index in [0.717, 1.165) is 16.7 Å². The van der Waals surface area contributed by atoms with Crippen molar-refractivity contribution in [3.63, 3.8) is 0 Å². The number of aryl methyl sites for hydroxylation is 1. The van der Waals surface area contributed by atoms with Crippen LogP contribution in [0.25, 0.3) is 11.1 Å². The second kappa shape index (κ2) is 8.62. The first-order chi connectivity index (χ1) is 12.3. The Morgan fingerprint density at radius 1 is 1.04 bits per heavy atom. The lowest BCUT2D eigenvalue weighted by atomic mass is 10.1. The number of carbonyl (C=O) groups is 3. The third kappa shape index (κ3) is 5.16. The van der Waals surface area contributed by atoms with E-state index < -0.39 is 24.0 Å². The van der Waals surface area contributed by atoms with Gasteiger partial charge < -0.3 is 10.1 Å². The van der Waals surface area contributed by atoms with E-state index in [1.807, 2.05) is 37.3 Å². The van der Waals surface area contributed by atoms with Gasteiger partial charge in [0.25, 0.3) is 5.91 Å². The first-order valence-electron chi connectivity index (χ1n) is 8.24. The molecule has 0 radical (unpaired) electrons. The normalized spacial score (nSPS) is 11.7. The highest BCUT2D eigenvalue weighted by molar-refractivity contribution is 7.12. The monoisotopic (exact) mass is 374 g/mol. The van der Waals surface area contributed by atoms with Gasteiger partial charge in [-0.05, 0) is 44.7 Å². The molecule has 0 aliphatic carbocycles. The highest BCUT2D eigenvalue weighted by Crippen LogP contribution is 2.29. The maximum absolute atomic E-state index is 12.5. The lowest BCUT2D eigenvalue weighted by Crippen LogP contribution is -2.46. The Balaban J connectivity index is 2.04. The second-order valence-electron chi connectivity index (χ2n) is 6.19. The van der Waals surface area contributed by atoms with Crippen LogP contribution in [-0.2, 0) is 9.53 Å². The zero-order valence-electron chi connectivity index (χ0n) is 15.2. The number of hydrogen-bond donors (Lipinski definition) is 2. The topological polar surface area (TPSA) is 84.5 Å². The minimum absolute atomic E-state index is 0.108. The Morgan fingerprint density at radius 3 is 2.31 bits per heavy atom. The molecule has 0 unspecified atom stereocenters. The number of carbonyl (C=O) groups excluding carboxylic acids is 3. The van der Waals surface area contributed by atoms with Crippen molar-refractivity contribution >= 4 is 29.2 Å². The summed E-state index contributed by atoms with van der Waals surface area (Å²) in [5, 5.41) is 6.48. The summed E-state index contributed by atoms with van der Waals surface area (Å²) in [6.07, 6.45) is -1.09. The summed E-state index contributed by atoms with van der Waals surface area (Å²) in [4.78, 5) is 36.4. The largest absolute Gasteiger partial charge is 0.448 e. The smallest absolute Gasteiger partial charge is 0.349 e. The Hall–Kier alpha value is -2.67. The molecule has 2 aromatic rings. The molecular formula is C19H22N2O4S. The number of nitrogens with one attached hydrogen (secondary N) is 2. The van der Waals surface area contributed by atoms with Crippen molar-refractivity contribution in [3.8, 4) is 11.1 Å². The highest BCUT2D eigenvalue weighted by atomic mass is 32.1. The van der Waals surface area contributed by atoms with Crippen molar-refractivity contribution in [1.82, 2.24) is 10.6 Å². The van der Waals surface area contributed by atoms with Crippen LogP contribution in [0.4, 0.5) is 4.79 Å². The highest BCUT2D eigenvalue weighted by Gasteiger charge is 2.23. The summed E-state index contributed by atoms with van der Waals surface area (Å²) in [5.74, 6) is -1.27. The Kier molecular flexibility index (Phi) is 6.52. The van der Waals surface area contributed by atoms with Crippen LogP contribution in [0.15, 0.2) is 35.7 Å². The second-order valence-corrected chi connectivity index (χ2v) is 7.11. The van der Waals surface area contributed by atoms with Crippen LogP contribution in [0.2, 0.25) is 0 Å². The third-order valence-electron chi connectivity index (χ3n) is 3.52. The minimum atomic E-state index is -1.09. The predicted octanol–water partition coefficient (Wildman–Crippen LogP) is 3.50. The summed E-state index contributed by atoms with van der Waals surface area (Å²) >= 11 is 1.25. The van der Waals surface area contributed by atoms with E-state index in [2.05, 4.69) is 10.6 Å². The SMILES string of the molecule is Cc1ccc(-c2ccsc2C(=O)O[C@@H](C)C(=O)NC(=O)NC(C)C)cc1. The van der Waals surface area contributed by atoms with Gasteiger partial charge in [-0.3, -0.25) is 10.1 Å². The summed E-state index contributed by atoms with van der Waals surface area (Å²) in [7, 11) is 0. The molecule has 0 saturated heterocycles. The van der Waals surface area contributed by atoms with Crippen LogP contribution < -0.4 is 10.6 Å². The fourth-order valence-electron chi connectivity index (χ4n) is 2.21. The van der Waals surface area contributed by atoms with Gasteiger partial charge in [-0.1, -0.05) is 29.8 Å². The first-order valence-corrected chi connectivity index (χ1v) is 9.12. The van der Waals surface area contributed by atoms with E-state index in [-0.39, 0.29) is 6.04 Å². The molecule has 2 rings (SSSR count). The van der Waals surface area contributed by atoms with E-state index in [9.17, 15) is 14.4 Å². The summed E-state index contributed by atoms with van der Waals surface area (Å²) in [5.41, 5.74) is 2.78. The van der Waals surface area contributed by atoms with Crippen molar-refractivity contribution in [2.24, 2.45) is 0 Å². The van der Waals surface area contributed by atoms with Gasteiger partial charge in [0.2, 0.25) is 0 Å². The molecule has 1 heterocycles. The fraction of sp³-hybridized carbons (Fsp3) is 0.316. The number of imide groups is 1. The van der Waals surface area contributed by atoms with E-state index >= 15 is 0 Å². The van der Waals surface area contributed by atoms with Gasteiger partial charge in [-0.2, -0.15) is 0 Å². The Morgan fingerprint density at radius 2 is 1.69 bits per heavy atom. The molecule has 0 saturated carbocycles. The number of hydrogen-bond acceptors (Lipinski definition) is 5. The molecule has 3 amide bonds. The van der Waals surface area contributed by atoms with Crippen molar-refractivity contribution in [2.75, 3.05) is 0 Å². The van der Waals surface area contributed by atoms with Crippen molar-refractivity contribution in [1.29, 1.82) is 0 Å². The van der Waals surface area contributed by atoms with Crippen LogP contribution in [0, 0.1) is 6.92 Å². The zero-order chi connectivity index (χ0) is 19.3. The number of ether oxygens (including phenoxy) is 1. The summed E-state index contributed by atoms with van der Waals surface area (Å²) in [6.45, 7) is 6.96. The third-order valence-corrected chi connectivity index (χ3v) is 4.42. The maximum Gasteiger partial charge on any atom is 0.349 e. The molecule has 2 N–H and O–H groups in total. The summed E-state index contributed by atoms with van der Waals surface area (Å²) < 4.78 is 5.23. The zero-order valence-corrected chi connectivity index (χ0v) is 16.0. The number of benzene rings is 1. The number of amides is 3. The number of thiophene rings is 1. The van der Waals surface area contributed by atoms with Gasteiger partial charge >= 0.3 is 12.0 Å². The molecular weight excluding hydrogens is 352 g/mol. The van der Waals surface area contributed by atoms with Crippen molar-refractivity contribution < 1.29 is 19.1 Å². The van der Waals surface area contributed by atoms with E-state index in [0.29, 0.717) is 4.88 Å². The quantitative estimate of drug-likeness (QED) is 0.785. The number of esters is 1. The molecule has 0 aliphatic heterocycles. The molecule has 0 fully saturated rings. The number of urea groups is 1. The van der Waals surface area contributed by atoms with Crippen LogP contribution in [0.5, 0.6) is 0 Å². The average Bonchev–Trinajstić information content (AvgIpc) is 3.04. The molecule has 26 heavy (non-hydrogen) atoms. The average molecular weight is 374 g/mol. The van der Waals surface area contributed by atoms with Gasteiger partial charge in [0.15, 0.2) is 6.10 Å². The summed E-state index contributed by atoms with van der Waals surface area (Å²) in [6, 6.07) is 8.90. The molecule has 1 aromatic heterocycles. The first kappa shape index (κ1) is 19.7. The number of rotatable bonds is 5. The predicted molar refractivity (Wildman–Crippen MR) is 101 cm³/mol. The lowest BCUT2D eigenvalue weighted by molar-refractivity contribution is -0.127. The van der Waals surface area contributed by atoms with Gasteiger partial charge in [0.1, 0.15) is 4.88 Å². The van der Waals surface area contributed by atoms with Crippen molar-refractivity contribution in [3.05, 3.63) is 46.2 Å². The van der Waals surface area contributed by atoms with Gasteiger partial charge in [0, 0.05) is 11.6 Å². The molecule has 6 nitrogen and oxygen atoms in total. The minimum Gasteiger partial charge on any atom is -0.448 e. The molecule has 7 heteroatoms. The van der Waals surface area contributed by atoms with Crippen molar-refractivity contribution in [2.45, 2.75) is 39.8 Å². The van der Waals surface area contributed by atoms with E-state index in [1.165, 1.54) is 18.3 Å². The Bertz CT molecular complexity index is 796. The standard InChI is InChI=1S/C19H22N2O4S/c1-11(2)20-19(24)21-17(22)13(4)25-18(23)16-15(9-10-26-16)14-7-5-12(3)6-8-14/h5-11,13H,1-4H3,(H2,20,21,22,24)/t13-/m0/s1. The molecule has 0 aliphatic rings. The molecule has 0 bridgehead atoms. The maximum atomic E-state index is 12.5. The van der Waals surface area contributed by atoms with E-state index in [4.69, 9.17) is 4.74 Å². The van der Waals surface area contributed by atoms with E-state index in [1.54, 1.807) is 19.2 Å². The Labute approximate surface area is 156 Å². The van der Waals surface area contributed by atoms with Crippen LogP contribution in [0.1, 0.15) is 36.0 Å². The van der Waals surface area contributed by atoms with Crippen LogP contribution in [-0.4, -0.2) is 30.1 Å². The molecule has 1 aromatic carbocycles.